The summed E-state index contributed by atoms with van der Waals surface area (Å²) in [6, 6.07) is 7.87. The molecular formula is C11H13N3O2. The van der Waals surface area contributed by atoms with Gasteiger partial charge < -0.3 is 0 Å². The number of benzene rings is 1. The molecule has 1 aromatic carbocycles. The first-order valence-corrected chi connectivity index (χ1v) is 4.94. The molecule has 0 saturated heterocycles. The number of hydrogen-bond donors (Lipinski definition) is 1. The monoisotopic (exact) mass is 219 g/mol. The maximum absolute atomic E-state index is 10.5. The smallest absolute Gasteiger partial charge is 0.269 e. The summed E-state index contributed by atoms with van der Waals surface area (Å²) < 4.78 is 0. The van der Waals surface area contributed by atoms with E-state index in [2.05, 4.69) is 11.4 Å². The van der Waals surface area contributed by atoms with E-state index >= 15 is 0 Å². The summed E-state index contributed by atoms with van der Waals surface area (Å²) in [5, 5.41) is 22.5. The van der Waals surface area contributed by atoms with Crippen LogP contribution in [-0.4, -0.2) is 11.0 Å². The number of nitrogens with zero attached hydrogens (tertiary/aromatic N) is 2. The van der Waals surface area contributed by atoms with Crippen molar-refractivity contribution in [3.05, 3.63) is 39.9 Å². The molecule has 0 fully saturated rings. The molecule has 0 aliphatic heterocycles. The standard InChI is InChI=1S/C11H13N3O2/c1-8(2)13-11(7-12)9-3-5-10(6-4-9)14(15)16/h3-6,8,11,13H,1-2H3. The van der Waals surface area contributed by atoms with Crippen LogP contribution in [0.15, 0.2) is 24.3 Å². The van der Waals surface area contributed by atoms with Crippen molar-refractivity contribution in [3.63, 3.8) is 0 Å². The Balaban J connectivity index is 2.87. The van der Waals surface area contributed by atoms with Gasteiger partial charge in [0.1, 0.15) is 6.04 Å². The number of hydrogen-bond acceptors (Lipinski definition) is 4. The lowest BCUT2D eigenvalue weighted by molar-refractivity contribution is -0.384. The van der Waals surface area contributed by atoms with Crippen molar-refractivity contribution in [2.45, 2.75) is 25.9 Å². The molecule has 1 unspecified atom stereocenters. The van der Waals surface area contributed by atoms with Crippen molar-refractivity contribution in [2.24, 2.45) is 0 Å². The van der Waals surface area contributed by atoms with Gasteiger partial charge >= 0.3 is 0 Å². The van der Waals surface area contributed by atoms with Gasteiger partial charge in [-0.1, -0.05) is 0 Å². The van der Waals surface area contributed by atoms with Crippen LogP contribution in [0.3, 0.4) is 0 Å². The molecule has 5 nitrogen and oxygen atoms in total. The first-order valence-electron chi connectivity index (χ1n) is 4.94. The maximum atomic E-state index is 10.5. The van der Waals surface area contributed by atoms with Crippen molar-refractivity contribution < 1.29 is 4.92 Å². The second-order valence-electron chi connectivity index (χ2n) is 3.73. The predicted molar refractivity (Wildman–Crippen MR) is 59.7 cm³/mol. The van der Waals surface area contributed by atoms with Crippen LogP contribution in [0.4, 0.5) is 5.69 Å². The SMILES string of the molecule is CC(C)NC(C#N)c1ccc([N+](=O)[O-])cc1. The Bertz CT molecular complexity index is 406. The van der Waals surface area contributed by atoms with Gasteiger partial charge in [-0.25, -0.2) is 0 Å². The van der Waals surface area contributed by atoms with Crippen molar-refractivity contribution in [3.8, 4) is 6.07 Å². The molecule has 0 aliphatic rings. The minimum Gasteiger partial charge on any atom is -0.296 e. The van der Waals surface area contributed by atoms with E-state index in [0.29, 0.717) is 0 Å². The Kier molecular flexibility index (Phi) is 3.97. The van der Waals surface area contributed by atoms with Gasteiger partial charge in [0.25, 0.3) is 5.69 Å². The topological polar surface area (TPSA) is 79.0 Å². The van der Waals surface area contributed by atoms with Crippen LogP contribution in [0.2, 0.25) is 0 Å². The zero-order valence-electron chi connectivity index (χ0n) is 9.18. The number of nitrogens with one attached hydrogen (secondary N) is 1. The van der Waals surface area contributed by atoms with Crippen LogP contribution in [0, 0.1) is 21.4 Å². The number of nitro groups is 1. The fourth-order valence-electron chi connectivity index (χ4n) is 1.33. The van der Waals surface area contributed by atoms with E-state index in [-0.39, 0.29) is 11.7 Å². The largest absolute Gasteiger partial charge is 0.296 e. The Morgan fingerprint density at radius 2 is 1.94 bits per heavy atom. The Morgan fingerprint density at radius 3 is 2.31 bits per heavy atom. The van der Waals surface area contributed by atoms with E-state index in [1.807, 2.05) is 13.8 Å². The zero-order chi connectivity index (χ0) is 12.1. The molecule has 1 atom stereocenters. The maximum Gasteiger partial charge on any atom is 0.269 e. The average Bonchev–Trinajstić information content (AvgIpc) is 2.25. The summed E-state index contributed by atoms with van der Waals surface area (Å²) in [6.45, 7) is 3.88. The summed E-state index contributed by atoms with van der Waals surface area (Å²) >= 11 is 0. The fraction of sp³-hybridized carbons (Fsp3) is 0.364. The summed E-state index contributed by atoms with van der Waals surface area (Å²) in [7, 11) is 0. The van der Waals surface area contributed by atoms with E-state index in [1.165, 1.54) is 12.1 Å². The second-order valence-corrected chi connectivity index (χ2v) is 3.73. The molecule has 0 radical (unpaired) electrons. The normalized spacial score (nSPS) is 12.1. The summed E-state index contributed by atoms with van der Waals surface area (Å²) in [5.41, 5.74) is 0.770. The van der Waals surface area contributed by atoms with Crippen LogP contribution in [-0.2, 0) is 0 Å². The molecule has 0 aliphatic carbocycles. The first-order chi connectivity index (χ1) is 7.54. The molecule has 84 valence electrons. The van der Waals surface area contributed by atoms with Gasteiger partial charge in [0.15, 0.2) is 0 Å². The third-order valence-electron chi connectivity index (χ3n) is 2.07. The number of rotatable bonds is 4. The summed E-state index contributed by atoms with van der Waals surface area (Å²) in [6.07, 6.45) is 0. The van der Waals surface area contributed by atoms with Crippen molar-refractivity contribution in [1.29, 1.82) is 5.26 Å². The van der Waals surface area contributed by atoms with Crippen molar-refractivity contribution in [1.82, 2.24) is 5.32 Å². The van der Waals surface area contributed by atoms with Crippen LogP contribution in [0.25, 0.3) is 0 Å². The third kappa shape index (κ3) is 3.04. The highest BCUT2D eigenvalue weighted by molar-refractivity contribution is 5.35. The van der Waals surface area contributed by atoms with Gasteiger partial charge in [-0.3, -0.25) is 15.4 Å². The summed E-state index contributed by atoms with van der Waals surface area (Å²) in [5.74, 6) is 0. The van der Waals surface area contributed by atoms with Gasteiger partial charge in [-0.15, -0.1) is 0 Å². The van der Waals surface area contributed by atoms with E-state index in [4.69, 9.17) is 5.26 Å². The molecule has 1 aromatic rings. The van der Waals surface area contributed by atoms with Gasteiger partial charge in [-0.2, -0.15) is 5.26 Å². The Labute approximate surface area is 93.9 Å². The molecule has 5 heteroatoms. The third-order valence-corrected chi connectivity index (χ3v) is 2.07. The predicted octanol–water partition coefficient (Wildman–Crippen LogP) is 2.16. The molecular weight excluding hydrogens is 206 g/mol. The molecule has 1 N–H and O–H groups in total. The van der Waals surface area contributed by atoms with Crippen molar-refractivity contribution in [2.75, 3.05) is 0 Å². The van der Waals surface area contributed by atoms with E-state index in [9.17, 15) is 10.1 Å². The number of nitro benzene ring substituents is 1. The highest BCUT2D eigenvalue weighted by atomic mass is 16.6. The average molecular weight is 219 g/mol. The highest BCUT2D eigenvalue weighted by Gasteiger charge is 2.12. The minimum atomic E-state index is -0.457. The number of nitriles is 1. The molecule has 0 aromatic heterocycles. The van der Waals surface area contributed by atoms with Crippen LogP contribution in [0.5, 0.6) is 0 Å². The lowest BCUT2D eigenvalue weighted by atomic mass is 10.1. The van der Waals surface area contributed by atoms with E-state index in [1.54, 1.807) is 12.1 Å². The molecule has 16 heavy (non-hydrogen) atoms. The lowest BCUT2D eigenvalue weighted by Gasteiger charge is -2.14. The zero-order valence-corrected chi connectivity index (χ0v) is 9.18. The highest BCUT2D eigenvalue weighted by Crippen LogP contribution is 2.17. The number of non-ortho nitro benzene ring substituents is 1. The Morgan fingerprint density at radius 1 is 1.38 bits per heavy atom. The summed E-state index contributed by atoms with van der Waals surface area (Å²) in [4.78, 5) is 10.00. The van der Waals surface area contributed by atoms with Gasteiger partial charge in [0.2, 0.25) is 0 Å². The van der Waals surface area contributed by atoms with E-state index < -0.39 is 11.0 Å². The Hall–Kier alpha value is -1.93. The molecule has 0 heterocycles. The lowest BCUT2D eigenvalue weighted by Crippen LogP contribution is -2.27. The second kappa shape index (κ2) is 5.24. The molecule has 1 rings (SSSR count). The van der Waals surface area contributed by atoms with Gasteiger partial charge in [-0.05, 0) is 31.5 Å². The van der Waals surface area contributed by atoms with Gasteiger partial charge in [0.05, 0.1) is 11.0 Å². The molecule has 0 spiro atoms. The minimum absolute atomic E-state index is 0.0324. The van der Waals surface area contributed by atoms with E-state index in [0.717, 1.165) is 5.56 Å². The molecule has 0 bridgehead atoms. The molecule has 0 amide bonds. The fourth-order valence-corrected chi connectivity index (χ4v) is 1.33. The van der Waals surface area contributed by atoms with Crippen molar-refractivity contribution >= 4 is 5.69 Å². The molecule has 0 saturated carbocycles. The van der Waals surface area contributed by atoms with Crippen LogP contribution >= 0.6 is 0 Å². The van der Waals surface area contributed by atoms with Crippen LogP contribution < -0.4 is 5.32 Å². The first kappa shape index (κ1) is 12.1. The quantitative estimate of drug-likeness (QED) is 0.621. The van der Waals surface area contributed by atoms with Gasteiger partial charge in [0, 0.05) is 18.2 Å². The van der Waals surface area contributed by atoms with Crippen LogP contribution in [0.1, 0.15) is 25.5 Å².